The normalized spacial score (nSPS) is 31.5. The SMILES string of the molecule is CC(=O)O[C@H]1/C=C\[C@H](C)[C@@H](/C(C)=C/C=C/[C@@H](C)COC(=O)N2CCN(C)CC2)OC(=O)C[C@H](O)CC[C@@]1(C)O. The second kappa shape index (κ2) is 15.2. The maximum atomic E-state index is 12.6. The zero-order valence-electron chi connectivity index (χ0n) is 24.2. The molecule has 0 aromatic heterocycles. The number of piperazine rings is 1. The summed E-state index contributed by atoms with van der Waals surface area (Å²) >= 11 is 0. The number of aliphatic hydroxyl groups excluding tert-OH is 1. The number of esters is 2. The maximum Gasteiger partial charge on any atom is 0.409 e. The van der Waals surface area contributed by atoms with Crippen LogP contribution in [-0.4, -0.2) is 102 Å². The molecule has 0 aliphatic carbocycles. The van der Waals surface area contributed by atoms with Crippen molar-refractivity contribution < 1.29 is 38.8 Å². The first-order chi connectivity index (χ1) is 18.3. The van der Waals surface area contributed by atoms with Crippen LogP contribution < -0.4 is 0 Å². The van der Waals surface area contributed by atoms with Crippen molar-refractivity contribution >= 4 is 18.0 Å². The number of amides is 1. The molecule has 2 N–H and O–H groups in total. The van der Waals surface area contributed by atoms with Crippen molar-refractivity contribution in [1.29, 1.82) is 0 Å². The quantitative estimate of drug-likeness (QED) is 0.222. The van der Waals surface area contributed by atoms with Gasteiger partial charge in [-0.25, -0.2) is 4.79 Å². The van der Waals surface area contributed by atoms with E-state index in [1.165, 1.54) is 6.92 Å². The largest absolute Gasteiger partial charge is 0.457 e. The van der Waals surface area contributed by atoms with Gasteiger partial charge in [0, 0.05) is 44.9 Å². The van der Waals surface area contributed by atoms with Crippen LogP contribution in [0.3, 0.4) is 0 Å². The van der Waals surface area contributed by atoms with E-state index in [1.54, 1.807) is 24.0 Å². The zero-order valence-corrected chi connectivity index (χ0v) is 24.2. The van der Waals surface area contributed by atoms with Crippen LogP contribution in [0.1, 0.15) is 53.9 Å². The van der Waals surface area contributed by atoms with E-state index in [0.29, 0.717) is 13.1 Å². The van der Waals surface area contributed by atoms with Gasteiger partial charge < -0.3 is 34.2 Å². The fourth-order valence-corrected chi connectivity index (χ4v) is 4.46. The van der Waals surface area contributed by atoms with E-state index in [0.717, 1.165) is 18.7 Å². The number of rotatable bonds is 6. The predicted octanol–water partition coefficient (Wildman–Crippen LogP) is 2.84. The molecule has 10 heteroatoms. The Balaban J connectivity index is 2.09. The lowest BCUT2D eigenvalue weighted by Gasteiger charge is -2.32. The van der Waals surface area contributed by atoms with E-state index in [9.17, 15) is 24.6 Å². The van der Waals surface area contributed by atoms with Gasteiger partial charge in [0.25, 0.3) is 0 Å². The van der Waals surface area contributed by atoms with Crippen LogP contribution >= 0.6 is 0 Å². The Hall–Kier alpha value is -2.69. The molecule has 39 heavy (non-hydrogen) atoms. The minimum atomic E-state index is -1.42. The van der Waals surface area contributed by atoms with Gasteiger partial charge >= 0.3 is 18.0 Å². The van der Waals surface area contributed by atoms with Crippen molar-refractivity contribution in [3.05, 3.63) is 36.0 Å². The molecule has 10 nitrogen and oxygen atoms in total. The number of cyclic esters (lactones) is 1. The number of carbonyl (C=O) groups is 3. The molecule has 1 fully saturated rings. The summed E-state index contributed by atoms with van der Waals surface area (Å²) in [6, 6.07) is 0. The van der Waals surface area contributed by atoms with Crippen molar-refractivity contribution in [1.82, 2.24) is 9.80 Å². The average molecular weight is 551 g/mol. The van der Waals surface area contributed by atoms with Crippen LogP contribution in [-0.2, 0) is 23.8 Å². The molecular weight excluding hydrogens is 504 g/mol. The summed E-state index contributed by atoms with van der Waals surface area (Å²) in [5.74, 6) is -1.40. The van der Waals surface area contributed by atoms with Crippen molar-refractivity contribution in [3.8, 4) is 0 Å². The van der Waals surface area contributed by atoms with E-state index in [-0.39, 0.29) is 43.8 Å². The molecule has 0 aromatic rings. The Kier molecular flexibility index (Phi) is 12.7. The minimum absolute atomic E-state index is 0.0245. The van der Waals surface area contributed by atoms with Crippen molar-refractivity contribution in [2.45, 2.75) is 77.8 Å². The van der Waals surface area contributed by atoms with Gasteiger partial charge in [-0.3, -0.25) is 9.59 Å². The summed E-state index contributed by atoms with van der Waals surface area (Å²) in [7, 11) is 2.03. The van der Waals surface area contributed by atoms with Crippen LogP contribution in [0.25, 0.3) is 0 Å². The Morgan fingerprint density at radius 3 is 2.54 bits per heavy atom. The van der Waals surface area contributed by atoms with Gasteiger partial charge in [0.05, 0.1) is 19.1 Å². The van der Waals surface area contributed by atoms with Gasteiger partial charge in [-0.05, 0) is 45.4 Å². The third-order valence-electron chi connectivity index (χ3n) is 7.10. The van der Waals surface area contributed by atoms with Gasteiger partial charge in [0.15, 0.2) is 0 Å². The molecule has 1 amide bonds. The summed E-state index contributed by atoms with van der Waals surface area (Å²) < 4.78 is 16.6. The average Bonchev–Trinajstić information content (AvgIpc) is 2.86. The Labute approximate surface area is 232 Å². The number of likely N-dealkylation sites (N-methyl/N-ethyl adjacent to an activating group) is 1. The molecule has 2 heterocycles. The minimum Gasteiger partial charge on any atom is -0.457 e. The summed E-state index contributed by atoms with van der Waals surface area (Å²) in [5, 5.41) is 21.3. The lowest BCUT2D eigenvalue weighted by molar-refractivity contribution is -0.157. The molecule has 2 aliphatic heterocycles. The monoisotopic (exact) mass is 550 g/mol. The molecule has 220 valence electrons. The number of nitrogens with zero attached hydrogens (tertiary/aromatic N) is 2. The third-order valence-corrected chi connectivity index (χ3v) is 7.10. The zero-order chi connectivity index (χ0) is 29.2. The van der Waals surface area contributed by atoms with Gasteiger partial charge in [-0.2, -0.15) is 0 Å². The van der Waals surface area contributed by atoms with Gasteiger partial charge in [0.2, 0.25) is 0 Å². The highest BCUT2D eigenvalue weighted by Crippen LogP contribution is 2.27. The van der Waals surface area contributed by atoms with Crippen LogP contribution in [0.2, 0.25) is 0 Å². The third kappa shape index (κ3) is 11.1. The Bertz CT molecular complexity index is 920. The van der Waals surface area contributed by atoms with Crippen LogP contribution in [0.4, 0.5) is 4.79 Å². The number of carbonyl (C=O) groups excluding carboxylic acids is 3. The lowest BCUT2D eigenvalue weighted by atomic mass is 9.88. The number of allylic oxidation sites excluding steroid dienone is 2. The van der Waals surface area contributed by atoms with Gasteiger partial charge in [-0.15, -0.1) is 0 Å². The molecule has 0 unspecified atom stereocenters. The molecule has 1 saturated heterocycles. The van der Waals surface area contributed by atoms with Crippen LogP contribution in [0.15, 0.2) is 36.0 Å². The summed E-state index contributed by atoms with van der Waals surface area (Å²) in [6.45, 7) is 11.7. The first-order valence-electron chi connectivity index (χ1n) is 13.7. The summed E-state index contributed by atoms with van der Waals surface area (Å²) in [4.78, 5) is 40.4. The van der Waals surface area contributed by atoms with Gasteiger partial charge in [0.1, 0.15) is 17.8 Å². The summed E-state index contributed by atoms with van der Waals surface area (Å²) in [6.07, 6.45) is 6.17. The van der Waals surface area contributed by atoms with Crippen molar-refractivity contribution in [2.75, 3.05) is 39.8 Å². The highest BCUT2D eigenvalue weighted by Gasteiger charge is 2.35. The Morgan fingerprint density at radius 2 is 1.90 bits per heavy atom. The molecule has 0 saturated carbocycles. The first-order valence-corrected chi connectivity index (χ1v) is 13.7. The maximum absolute atomic E-state index is 12.6. The predicted molar refractivity (Wildman–Crippen MR) is 147 cm³/mol. The highest BCUT2D eigenvalue weighted by atomic mass is 16.6. The molecular formula is C29H46N2O8. The van der Waals surface area contributed by atoms with Crippen LogP contribution in [0.5, 0.6) is 0 Å². The van der Waals surface area contributed by atoms with E-state index in [1.807, 2.05) is 46.0 Å². The first kappa shape index (κ1) is 32.5. The Morgan fingerprint density at radius 1 is 1.23 bits per heavy atom. The highest BCUT2D eigenvalue weighted by molar-refractivity contribution is 5.70. The molecule has 0 spiro atoms. The molecule has 2 aliphatic rings. The number of aliphatic hydroxyl groups is 2. The molecule has 0 aromatic carbocycles. The van der Waals surface area contributed by atoms with Crippen molar-refractivity contribution in [3.63, 3.8) is 0 Å². The van der Waals surface area contributed by atoms with E-state index >= 15 is 0 Å². The molecule has 0 radical (unpaired) electrons. The second-order valence-corrected chi connectivity index (χ2v) is 11.1. The standard InChI is InChI=1S/C29H46N2O8/c1-20(19-37-28(35)31-16-14-30(6)15-17-31)8-7-9-21(2)27-22(3)10-11-25(38-23(4)32)29(5,36)13-12-24(33)18-26(34)39-27/h7-11,20,22,24-25,27,33,36H,12-19H2,1-6H3/b8-7+,11-10-,21-9+/t20-,22+,24-,25+,27-,29-/m1/s1. The number of ether oxygens (including phenoxy) is 3. The van der Waals surface area contributed by atoms with Crippen LogP contribution in [0, 0.1) is 11.8 Å². The van der Waals surface area contributed by atoms with Gasteiger partial charge in [-0.1, -0.05) is 38.2 Å². The smallest absolute Gasteiger partial charge is 0.409 e. The molecule has 6 atom stereocenters. The second-order valence-electron chi connectivity index (χ2n) is 11.1. The fourth-order valence-electron chi connectivity index (χ4n) is 4.46. The van der Waals surface area contributed by atoms with E-state index < -0.39 is 35.9 Å². The topological polar surface area (TPSA) is 126 Å². The fraction of sp³-hybridized carbons (Fsp3) is 0.690. The van der Waals surface area contributed by atoms with E-state index in [4.69, 9.17) is 14.2 Å². The lowest BCUT2D eigenvalue weighted by Crippen LogP contribution is -2.47. The van der Waals surface area contributed by atoms with E-state index in [2.05, 4.69) is 4.90 Å². The van der Waals surface area contributed by atoms with Crippen molar-refractivity contribution in [2.24, 2.45) is 11.8 Å². The summed E-state index contributed by atoms with van der Waals surface area (Å²) in [5.41, 5.74) is -0.653. The molecule has 2 rings (SSSR count). The number of hydrogen-bond donors (Lipinski definition) is 2. The molecule has 0 bridgehead atoms. The number of hydrogen-bond acceptors (Lipinski definition) is 9.